The summed E-state index contributed by atoms with van der Waals surface area (Å²) in [7, 11) is 0. The van der Waals surface area contributed by atoms with Gasteiger partial charge in [-0.15, -0.1) is 0 Å². The van der Waals surface area contributed by atoms with Crippen molar-refractivity contribution in [2.24, 2.45) is 0 Å². The van der Waals surface area contributed by atoms with E-state index in [4.69, 9.17) is 0 Å². The number of benzene rings is 3. The molecule has 3 heteroatoms. The van der Waals surface area contributed by atoms with Crippen molar-refractivity contribution < 1.29 is 9.59 Å². The Morgan fingerprint density at radius 1 is 0.808 bits per heavy atom. The Morgan fingerprint density at radius 2 is 1.38 bits per heavy atom. The van der Waals surface area contributed by atoms with Crippen molar-refractivity contribution in [1.29, 1.82) is 0 Å². The molecule has 0 aliphatic rings. The van der Waals surface area contributed by atoms with Gasteiger partial charge in [0.15, 0.2) is 0 Å². The molecule has 3 nitrogen and oxygen atoms in total. The van der Waals surface area contributed by atoms with E-state index in [0.717, 1.165) is 16.7 Å². The fourth-order valence-electron chi connectivity index (χ4n) is 3.02. The summed E-state index contributed by atoms with van der Waals surface area (Å²) in [5.41, 5.74) is 3.58. The first-order valence-corrected chi connectivity index (χ1v) is 8.64. The van der Waals surface area contributed by atoms with Gasteiger partial charge < -0.3 is 0 Å². The van der Waals surface area contributed by atoms with Gasteiger partial charge in [0.2, 0.25) is 5.91 Å². The number of rotatable bonds is 5. The molecule has 0 aliphatic heterocycles. The zero-order chi connectivity index (χ0) is 18.4. The molecule has 0 heterocycles. The summed E-state index contributed by atoms with van der Waals surface area (Å²) in [5, 5.41) is 2.52. The van der Waals surface area contributed by atoms with Gasteiger partial charge in [-0.3, -0.25) is 14.9 Å². The van der Waals surface area contributed by atoms with Crippen molar-refractivity contribution in [1.82, 2.24) is 5.32 Å². The topological polar surface area (TPSA) is 46.2 Å². The molecule has 1 N–H and O–H groups in total. The van der Waals surface area contributed by atoms with Crippen LogP contribution in [0.15, 0.2) is 84.9 Å². The van der Waals surface area contributed by atoms with E-state index in [1.54, 1.807) is 12.1 Å². The van der Waals surface area contributed by atoms with E-state index in [1.165, 1.54) is 0 Å². The quantitative estimate of drug-likeness (QED) is 0.743. The fourth-order valence-corrected chi connectivity index (χ4v) is 3.02. The minimum Gasteiger partial charge on any atom is -0.292 e. The average molecular weight is 343 g/mol. The maximum atomic E-state index is 12.5. The molecule has 3 rings (SSSR count). The lowest BCUT2D eigenvalue weighted by Crippen LogP contribution is -2.31. The number of aryl methyl sites for hydroxylation is 1. The van der Waals surface area contributed by atoms with Crippen molar-refractivity contribution in [2.75, 3.05) is 0 Å². The fraction of sp³-hybridized carbons (Fsp3) is 0.130. The van der Waals surface area contributed by atoms with Crippen LogP contribution in [0.2, 0.25) is 0 Å². The summed E-state index contributed by atoms with van der Waals surface area (Å²) in [6, 6.07) is 27.0. The number of hydrogen-bond acceptors (Lipinski definition) is 2. The molecule has 0 bridgehead atoms. The average Bonchev–Trinajstić information content (AvgIpc) is 2.67. The van der Waals surface area contributed by atoms with Gasteiger partial charge in [-0.1, -0.05) is 78.4 Å². The molecule has 0 aromatic heterocycles. The highest BCUT2D eigenvalue weighted by Gasteiger charge is 2.19. The van der Waals surface area contributed by atoms with E-state index < -0.39 is 0 Å². The number of carbonyl (C=O) groups excluding carboxylic acids is 2. The summed E-state index contributed by atoms with van der Waals surface area (Å²) in [4.78, 5) is 24.9. The monoisotopic (exact) mass is 343 g/mol. The van der Waals surface area contributed by atoms with E-state index in [2.05, 4.69) is 5.32 Å². The largest absolute Gasteiger partial charge is 0.292 e. The molecule has 0 saturated carbocycles. The number of hydrogen-bond donors (Lipinski definition) is 1. The second-order valence-corrected chi connectivity index (χ2v) is 6.32. The van der Waals surface area contributed by atoms with Crippen LogP contribution in [-0.4, -0.2) is 11.8 Å². The highest BCUT2D eigenvalue weighted by molar-refractivity contribution is 6.05. The van der Waals surface area contributed by atoms with Crippen molar-refractivity contribution in [3.05, 3.63) is 107 Å². The first-order valence-electron chi connectivity index (χ1n) is 8.64. The van der Waals surface area contributed by atoms with Gasteiger partial charge in [0.25, 0.3) is 5.91 Å². The molecule has 0 spiro atoms. The SMILES string of the molecule is Cc1cccc(C(=O)NC(=O)CC(c2ccccc2)c2ccccc2)c1. The molecule has 0 saturated heterocycles. The van der Waals surface area contributed by atoms with Crippen LogP contribution < -0.4 is 5.32 Å². The molecular weight excluding hydrogens is 322 g/mol. The van der Waals surface area contributed by atoms with Gasteiger partial charge in [0.1, 0.15) is 0 Å². The molecule has 2 amide bonds. The van der Waals surface area contributed by atoms with Gasteiger partial charge in [-0.25, -0.2) is 0 Å². The van der Waals surface area contributed by atoms with Crippen molar-refractivity contribution in [3.8, 4) is 0 Å². The Morgan fingerprint density at radius 3 is 1.92 bits per heavy atom. The highest BCUT2D eigenvalue weighted by Crippen LogP contribution is 2.27. The van der Waals surface area contributed by atoms with Crippen LogP contribution in [0.5, 0.6) is 0 Å². The van der Waals surface area contributed by atoms with E-state index in [9.17, 15) is 9.59 Å². The Hall–Kier alpha value is -3.20. The predicted octanol–water partition coefficient (Wildman–Crippen LogP) is 4.47. The maximum Gasteiger partial charge on any atom is 0.257 e. The van der Waals surface area contributed by atoms with Crippen LogP contribution in [0.1, 0.15) is 39.4 Å². The van der Waals surface area contributed by atoms with Gasteiger partial charge in [-0.2, -0.15) is 0 Å². The number of nitrogens with one attached hydrogen (secondary N) is 1. The molecule has 0 aliphatic carbocycles. The summed E-state index contributed by atoms with van der Waals surface area (Å²) < 4.78 is 0. The van der Waals surface area contributed by atoms with Gasteiger partial charge in [0.05, 0.1) is 0 Å². The van der Waals surface area contributed by atoms with Crippen LogP contribution in [0.4, 0.5) is 0 Å². The lowest BCUT2D eigenvalue weighted by molar-refractivity contribution is -0.120. The van der Waals surface area contributed by atoms with Gasteiger partial charge >= 0.3 is 0 Å². The highest BCUT2D eigenvalue weighted by atomic mass is 16.2. The second kappa shape index (κ2) is 8.26. The smallest absolute Gasteiger partial charge is 0.257 e. The number of amides is 2. The van der Waals surface area contributed by atoms with Crippen LogP contribution in [0.25, 0.3) is 0 Å². The van der Waals surface area contributed by atoms with Gasteiger partial charge in [-0.05, 0) is 30.2 Å². The summed E-state index contributed by atoms with van der Waals surface area (Å²) in [6.07, 6.45) is 0.214. The van der Waals surface area contributed by atoms with Crippen LogP contribution in [-0.2, 0) is 4.79 Å². The summed E-state index contributed by atoms with van der Waals surface area (Å²) in [6.45, 7) is 1.92. The minimum atomic E-state index is -0.362. The van der Waals surface area contributed by atoms with Crippen molar-refractivity contribution in [2.45, 2.75) is 19.3 Å². The lowest BCUT2D eigenvalue weighted by atomic mass is 9.88. The van der Waals surface area contributed by atoms with Crippen LogP contribution in [0, 0.1) is 6.92 Å². The van der Waals surface area contributed by atoms with Gasteiger partial charge in [0, 0.05) is 17.9 Å². The first kappa shape index (κ1) is 17.6. The summed E-state index contributed by atoms with van der Waals surface area (Å²) in [5.74, 6) is -0.740. The molecule has 0 unspecified atom stereocenters. The lowest BCUT2D eigenvalue weighted by Gasteiger charge is -2.17. The van der Waals surface area contributed by atoms with Crippen molar-refractivity contribution in [3.63, 3.8) is 0 Å². The molecular formula is C23H21NO2. The second-order valence-electron chi connectivity index (χ2n) is 6.32. The minimum absolute atomic E-state index is 0.0947. The normalized spacial score (nSPS) is 10.5. The third-order valence-electron chi connectivity index (χ3n) is 4.33. The maximum absolute atomic E-state index is 12.5. The Balaban J connectivity index is 1.77. The first-order chi connectivity index (χ1) is 12.6. The van der Waals surface area contributed by atoms with E-state index in [1.807, 2.05) is 79.7 Å². The molecule has 26 heavy (non-hydrogen) atoms. The Labute approximate surface area is 153 Å². The van der Waals surface area contributed by atoms with E-state index >= 15 is 0 Å². The molecule has 3 aromatic carbocycles. The Bertz CT molecular complexity index is 849. The zero-order valence-corrected chi connectivity index (χ0v) is 14.7. The Kier molecular flexibility index (Phi) is 5.59. The predicted molar refractivity (Wildman–Crippen MR) is 103 cm³/mol. The summed E-state index contributed by atoms with van der Waals surface area (Å²) >= 11 is 0. The molecule has 130 valence electrons. The van der Waals surface area contributed by atoms with E-state index in [0.29, 0.717) is 5.56 Å². The number of imide groups is 1. The molecule has 0 fully saturated rings. The number of carbonyl (C=O) groups is 2. The van der Waals surface area contributed by atoms with Crippen LogP contribution >= 0.6 is 0 Å². The zero-order valence-electron chi connectivity index (χ0n) is 14.7. The third-order valence-corrected chi connectivity index (χ3v) is 4.33. The molecule has 0 atom stereocenters. The van der Waals surface area contributed by atoms with Crippen LogP contribution in [0.3, 0.4) is 0 Å². The molecule has 3 aromatic rings. The third kappa shape index (κ3) is 4.45. The van der Waals surface area contributed by atoms with E-state index in [-0.39, 0.29) is 24.2 Å². The van der Waals surface area contributed by atoms with Crippen molar-refractivity contribution >= 4 is 11.8 Å². The standard InChI is InChI=1S/C23H21NO2/c1-17-9-8-14-20(15-17)23(26)24-22(25)16-21(18-10-4-2-5-11-18)19-12-6-3-7-13-19/h2-15,21H,16H2,1H3,(H,24,25,26). The molecule has 0 radical (unpaired) electrons.